The molecule has 3 nitrogen and oxygen atoms in total. The first-order chi connectivity index (χ1) is 8.19. The van der Waals surface area contributed by atoms with E-state index in [0.29, 0.717) is 11.4 Å². The molecular formula is C14H12N2O. The molecule has 0 unspecified atom stereocenters. The van der Waals surface area contributed by atoms with Gasteiger partial charge in [-0.1, -0.05) is 12.1 Å². The van der Waals surface area contributed by atoms with Gasteiger partial charge in [-0.15, -0.1) is 0 Å². The lowest BCUT2D eigenvalue weighted by Crippen LogP contribution is -1.90. The summed E-state index contributed by atoms with van der Waals surface area (Å²) in [5, 5.41) is 8.76. The van der Waals surface area contributed by atoms with Gasteiger partial charge in [0.05, 0.1) is 0 Å². The molecule has 3 heteroatoms. The standard InChI is InChI=1S/C14H12N2O/c1-10-3-4-11(2)14(7-10)17-13-5-6-16-12(8-13)9-15/h3-8H,1-2H3. The van der Waals surface area contributed by atoms with Crippen LogP contribution in [-0.2, 0) is 0 Å². The largest absolute Gasteiger partial charge is 0.457 e. The zero-order valence-corrected chi connectivity index (χ0v) is 9.77. The van der Waals surface area contributed by atoms with Crippen LogP contribution < -0.4 is 4.74 Å². The minimum atomic E-state index is 0.354. The van der Waals surface area contributed by atoms with Gasteiger partial charge in [0.25, 0.3) is 0 Å². The van der Waals surface area contributed by atoms with Gasteiger partial charge in [0.1, 0.15) is 23.3 Å². The molecule has 0 aliphatic heterocycles. The fourth-order valence-electron chi connectivity index (χ4n) is 1.48. The molecule has 0 radical (unpaired) electrons. The molecule has 0 N–H and O–H groups in total. The number of nitrogens with zero attached hydrogens (tertiary/aromatic N) is 2. The third-order valence-corrected chi connectivity index (χ3v) is 2.42. The summed E-state index contributed by atoms with van der Waals surface area (Å²) in [5.74, 6) is 1.44. The minimum Gasteiger partial charge on any atom is -0.457 e. The van der Waals surface area contributed by atoms with Crippen molar-refractivity contribution in [2.24, 2.45) is 0 Å². The average Bonchev–Trinajstić information content (AvgIpc) is 2.34. The van der Waals surface area contributed by atoms with Crippen molar-refractivity contribution in [2.45, 2.75) is 13.8 Å². The molecule has 0 fully saturated rings. The summed E-state index contributed by atoms with van der Waals surface area (Å²) >= 11 is 0. The van der Waals surface area contributed by atoms with E-state index >= 15 is 0 Å². The van der Waals surface area contributed by atoms with Crippen molar-refractivity contribution >= 4 is 0 Å². The average molecular weight is 224 g/mol. The van der Waals surface area contributed by atoms with Crippen molar-refractivity contribution < 1.29 is 4.74 Å². The van der Waals surface area contributed by atoms with Crippen molar-refractivity contribution in [1.82, 2.24) is 4.98 Å². The summed E-state index contributed by atoms with van der Waals surface area (Å²) in [6.07, 6.45) is 1.57. The number of aryl methyl sites for hydroxylation is 2. The quantitative estimate of drug-likeness (QED) is 0.785. The molecule has 0 amide bonds. The first-order valence-electron chi connectivity index (χ1n) is 5.30. The molecule has 2 aromatic rings. The van der Waals surface area contributed by atoms with Crippen molar-refractivity contribution in [3.05, 3.63) is 53.3 Å². The Morgan fingerprint density at radius 3 is 2.76 bits per heavy atom. The van der Waals surface area contributed by atoms with Crippen LogP contribution in [0.2, 0.25) is 0 Å². The van der Waals surface area contributed by atoms with Crippen molar-refractivity contribution in [3.8, 4) is 17.6 Å². The molecule has 0 aliphatic rings. The highest BCUT2D eigenvalue weighted by atomic mass is 16.5. The Kier molecular flexibility index (Phi) is 3.06. The molecule has 0 bridgehead atoms. The van der Waals surface area contributed by atoms with E-state index in [1.54, 1.807) is 18.3 Å². The Hall–Kier alpha value is -2.34. The third kappa shape index (κ3) is 2.61. The Balaban J connectivity index is 2.31. The normalized spacial score (nSPS) is 9.71. The number of rotatable bonds is 2. The van der Waals surface area contributed by atoms with Gasteiger partial charge in [0, 0.05) is 12.3 Å². The van der Waals surface area contributed by atoms with E-state index in [4.69, 9.17) is 10.00 Å². The second kappa shape index (κ2) is 4.67. The van der Waals surface area contributed by atoms with Gasteiger partial charge in [0.15, 0.2) is 0 Å². The highest BCUT2D eigenvalue weighted by Crippen LogP contribution is 2.25. The van der Waals surface area contributed by atoms with Crippen LogP contribution in [0.4, 0.5) is 0 Å². The van der Waals surface area contributed by atoms with E-state index in [-0.39, 0.29) is 0 Å². The van der Waals surface area contributed by atoms with Crippen molar-refractivity contribution in [3.63, 3.8) is 0 Å². The molecule has 1 aromatic carbocycles. The molecule has 0 spiro atoms. The van der Waals surface area contributed by atoms with Gasteiger partial charge in [-0.3, -0.25) is 0 Å². The van der Waals surface area contributed by atoms with Crippen molar-refractivity contribution in [2.75, 3.05) is 0 Å². The summed E-state index contributed by atoms with van der Waals surface area (Å²) in [6.45, 7) is 4.00. The van der Waals surface area contributed by atoms with Gasteiger partial charge < -0.3 is 4.74 Å². The molecule has 1 aromatic heterocycles. The topological polar surface area (TPSA) is 45.9 Å². The molecule has 2 rings (SSSR count). The Labute approximate surface area is 100 Å². The van der Waals surface area contributed by atoms with E-state index in [2.05, 4.69) is 4.98 Å². The summed E-state index contributed by atoms with van der Waals surface area (Å²) < 4.78 is 5.74. The maximum atomic E-state index is 8.76. The maximum Gasteiger partial charge on any atom is 0.144 e. The molecule has 0 saturated heterocycles. The number of aromatic nitrogens is 1. The first kappa shape index (κ1) is 11.2. The van der Waals surface area contributed by atoms with Crippen LogP contribution >= 0.6 is 0 Å². The van der Waals surface area contributed by atoms with Gasteiger partial charge in [-0.2, -0.15) is 5.26 Å². The molecule has 0 atom stereocenters. The Bertz CT molecular complexity index is 585. The maximum absolute atomic E-state index is 8.76. The summed E-state index contributed by atoms with van der Waals surface area (Å²) in [6, 6.07) is 11.4. The minimum absolute atomic E-state index is 0.354. The summed E-state index contributed by atoms with van der Waals surface area (Å²) in [7, 11) is 0. The molecule has 0 saturated carbocycles. The second-order valence-corrected chi connectivity index (χ2v) is 3.86. The number of benzene rings is 1. The Morgan fingerprint density at radius 2 is 2.00 bits per heavy atom. The number of nitriles is 1. The number of hydrogen-bond acceptors (Lipinski definition) is 3. The number of ether oxygens (including phenoxy) is 1. The highest BCUT2D eigenvalue weighted by Gasteiger charge is 2.03. The van der Waals surface area contributed by atoms with Gasteiger partial charge >= 0.3 is 0 Å². The lowest BCUT2D eigenvalue weighted by Gasteiger charge is -2.09. The van der Waals surface area contributed by atoms with E-state index in [1.165, 1.54) is 0 Å². The van der Waals surface area contributed by atoms with Crippen LogP contribution in [0.15, 0.2) is 36.5 Å². The predicted octanol–water partition coefficient (Wildman–Crippen LogP) is 3.36. The van der Waals surface area contributed by atoms with Crippen LogP contribution in [0, 0.1) is 25.2 Å². The van der Waals surface area contributed by atoms with Crippen LogP contribution in [0.25, 0.3) is 0 Å². The van der Waals surface area contributed by atoms with Gasteiger partial charge in [0.2, 0.25) is 0 Å². The second-order valence-electron chi connectivity index (χ2n) is 3.86. The summed E-state index contributed by atoms with van der Waals surface area (Å²) in [4.78, 5) is 3.90. The fraction of sp³-hybridized carbons (Fsp3) is 0.143. The lowest BCUT2D eigenvalue weighted by atomic mass is 10.1. The van der Waals surface area contributed by atoms with Crippen LogP contribution in [0.3, 0.4) is 0 Å². The van der Waals surface area contributed by atoms with Crippen LogP contribution in [0.5, 0.6) is 11.5 Å². The number of pyridine rings is 1. The van der Waals surface area contributed by atoms with E-state index < -0.39 is 0 Å². The lowest BCUT2D eigenvalue weighted by molar-refractivity contribution is 0.477. The monoisotopic (exact) mass is 224 g/mol. The SMILES string of the molecule is Cc1ccc(C)c(Oc2ccnc(C#N)c2)c1. The van der Waals surface area contributed by atoms with Crippen molar-refractivity contribution in [1.29, 1.82) is 5.26 Å². The third-order valence-electron chi connectivity index (χ3n) is 2.42. The zero-order chi connectivity index (χ0) is 12.3. The van der Waals surface area contributed by atoms with Gasteiger partial charge in [-0.05, 0) is 37.1 Å². The molecule has 1 heterocycles. The van der Waals surface area contributed by atoms with E-state index in [0.717, 1.165) is 16.9 Å². The van der Waals surface area contributed by atoms with Gasteiger partial charge in [-0.25, -0.2) is 4.98 Å². The van der Waals surface area contributed by atoms with E-state index in [1.807, 2.05) is 38.1 Å². The molecule has 0 aliphatic carbocycles. The Morgan fingerprint density at radius 1 is 1.18 bits per heavy atom. The fourth-order valence-corrected chi connectivity index (χ4v) is 1.48. The van der Waals surface area contributed by atoms with Crippen LogP contribution in [-0.4, -0.2) is 4.98 Å². The smallest absolute Gasteiger partial charge is 0.144 e. The first-order valence-corrected chi connectivity index (χ1v) is 5.30. The van der Waals surface area contributed by atoms with E-state index in [9.17, 15) is 0 Å². The summed E-state index contributed by atoms with van der Waals surface area (Å²) in [5.41, 5.74) is 2.55. The number of hydrogen-bond donors (Lipinski definition) is 0. The highest BCUT2D eigenvalue weighted by molar-refractivity contribution is 5.40. The molecular weight excluding hydrogens is 212 g/mol. The molecule has 84 valence electrons. The zero-order valence-electron chi connectivity index (χ0n) is 9.77. The molecule has 17 heavy (non-hydrogen) atoms. The predicted molar refractivity (Wildman–Crippen MR) is 64.9 cm³/mol. The van der Waals surface area contributed by atoms with Crippen LogP contribution in [0.1, 0.15) is 16.8 Å².